The predicted molar refractivity (Wildman–Crippen MR) is 77.6 cm³/mol. The lowest BCUT2D eigenvalue weighted by Crippen LogP contribution is -2.30. The molecule has 2 unspecified atom stereocenters. The monoisotopic (exact) mass is 291 g/mol. The average Bonchev–Trinajstić information content (AvgIpc) is 2.67. The standard InChI is InChI=1S/C16H21NO4/c1-4-21-14-6-5-12(11(3)18)8-13(14)9-17-15(19)7-10(2)16(17)20/h5-6,8,10-11,18H,4,7,9H2,1-3H3. The Morgan fingerprint density at radius 2 is 2.14 bits per heavy atom. The molecule has 0 aromatic heterocycles. The number of rotatable bonds is 5. The number of imide groups is 1. The van der Waals surface area contributed by atoms with E-state index in [-0.39, 0.29) is 30.7 Å². The molecule has 1 aliphatic rings. The molecule has 1 aromatic carbocycles. The number of hydrogen-bond donors (Lipinski definition) is 1. The number of carbonyl (C=O) groups is 2. The first-order valence-corrected chi connectivity index (χ1v) is 7.22. The van der Waals surface area contributed by atoms with Gasteiger partial charge in [0.1, 0.15) is 5.75 Å². The van der Waals surface area contributed by atoms with Gasteiger partial charge in [-0.2, -0.15) is 0 Å². The summed E-state index contributed by atoms with van der Waals surface area (Å²) in [5.74, 6) is 0.0809. The molecule has 1 heterocycles. The molecule has 2 atom stereocenters. The first kappa shape index (κ1) is 15.5. The number of amides is 2. The Morgan fingerprint density at radius 1 is 1.43 bits per heavy atom. The molecule has 5 heteroatoms. The topological polar surface area (TPSA) is 66.8 Å². The Hall–Kier alpha value is -1.88. The Labute approximate surface area is 124 Å². The van der Waals surface area contributed by atoms with Gasteiger partial charge in [-0.3, -0.25) is 14.5 Å². The zero-order chi connectivity index (χ0) is 15.6. The maximum Gasteiger partial charge on any atom is 0.232 e. The minimum Gasteiger partial charge on any atom is -0.494 e. The molecule has 1 saturated heterocycles. The van der Waals surface area contributed by atoms with E-state index in [1.54, 1.807) is 32.0 Å². The Bertz CT molecular complexity index is 553. The minimum absolute atomic E-state index is 0.148. The lowest BCUT2D eigenvalue weighted by Gasteiger charge is -2.18. The van der Waals surface area contributed by atoms with Gasteiger partial charge in [-0.05, 0) is 31.5 Å². The summed E-state index contributed by atoms with van der Waals surface area (Å²) in [7, 11) is 0. The second-order valence-electron chi connectivity index (χ2n) is 5.40. The molecule has 0 aliphatic carbocycles. The Morgan fingerprint density at radius 3 is 2.67 bits per heavy atom. The van der Waals surface area contributed by atoms with Crippen LogP contribution in [0.3, 0.4) is 0 Å². The van der Waals surface area contributed by atoms with Gasteiger partial charge in [0, 0.05) is 17.9 Å². The van der Waals surface area contributed by atoms with E-state index in [2.05, 4.69) is 0 Å². The largest absolute Gasteiger partial charge is 0.494 e. The van der Waals surface area contributed by atoms with Gasteiger partial charge in [0.2, 0.25) is 11.8 Å². The van der Waals surface area contributed by atoms with E-state index in [1.807, 2.05) is 6.92 Å². The van der Waals surface area contributed by atoms with E-state index in [9.17, 15) is 14.7 Å². The van der Waals surface area contributed by atoms with Crippen LogP contribution in [0.5, 0.6) is 5.75 Å². The second kappa shape index (κ2) is 6.26. The molecule has 21 heavy (non-hydrogen) atoms. The smallest absolute Gasteiger partial charge is 0.232 e. The fourth-order valence-electron chi connectivity index (χ4n) is 2.46. The number of carbonyl (C=O) groups excluding carboxylic acids is 2. The molecule has 0 spiro atoms. The highest BCUT2D eigenvalue weighted by molar-refractivity contribution is 6.03. The Kier molecular flexibility index (Phi) is 4.63. The highest BCUT2D eigenvalue weighted by Crippen LogP contribution is 2.28. The summed E-state index contributed by atoms with van der Waals surface area (Å²) in [5, 5.41) is 9.69. The molecule has 0 bridgehead atoms. The van der Waals surface area contributed by atoms with E-state index < -0.39 is 6.10 Å². The summed E-state index contributed by atoms with van der Waals surface area (Å²) >= 11 is 0. The normalized spacial score (nSPS) is 20.0. The van der Waals surface area contributed by atoms with Crippen LogP contribution < -0.4 is 4.74 Å². The number of ether oxygens (including phenoxy) is 1. The van der Waals surface area contributed by atoms with Crippen molar-refractivity contribution in [3.8, 4) is 5.75 Å². The van der Waals surface area contributed by atoms with Crippen molar-refractivity contribution in [3.05, 3.63) is 29.3 Å². The van der Waals surface area contributed by atoms with E-state index in [0.717, 1.165) is 11.1 Å². The van der Waals surface area contributed by atoms with Crippen LogP contribution in [0.15, 0.2) is 18.2 Å². The van der Waals surface area contributed by atoms with Crippen LogP contribution in [0.1, 0.15) is 44.4 Å². The summed E-state index contributed by atoms with van der Waals surface area (Å²) in [4.78, 5) is 25.2. The molecular formula is C16H21NO4. The van der Waals surface area contributed by atoms with Gasteiger partial charge in [0.15, 0.2) is 0 Å². The molecule has 1 aliphatic heterocycles. The van der Waals surface area contributed by atoms with Gasteiger partial charge in [-0.25, -0.2) is 0 Å². The quantitative estimate of drug-likeness (QED) is 0.843. The minimum atomic E-state index is -0.608. The van der Waals surface area contributed by atoms with Crippen molar-refractivity contribution >= 4 is 11.8 Å². The fourth-order valence-corrected chi connectivity index (χ4v) is 2.46. The zero-order valence-corrected chi connectivity index (χ0v) is 12.6. The molecule has 1 aromatic rings. The van der Waals surface area contributed by atoms with Gasteiger partial charge < -0.3 is 9.84 Å². The van der Waals surface area contributed by atoms with Crippen molar-refractivity contribution in [1.29, 1.82) is 0 Å². The lowest BCUT2D eigenvalue weighted by atomic mass is 10.1. The first-order valence-electron chi connectivity index (χ1n) is 7.22. The van der Waals surface area contributed by atoms with Crippen molar-refractivity contribution in [3.63, 3.8) is 0 Å². The molecule has 1 fully saturated rings. The van der Waals surface area contributed by atoms with E-state index in [1.165, 1.54) is 4.90 Å². The molecule has 2 rings (SSSR count). The SMILES string of the molecule is CCOc1ccc(C(C)O)cc1CN1C(=O)CC(C)C1=O. The van der Waals surface area contributed by atoms with Crippen LogP contribution in [0.2, 0.25) is 0 Å². The maximum atomic E-state index is 12.0. The lowest BCUT2D eigenvalue weighted by molar-refractivity contribution is -0.139. The summed E-state index contributed by atoms with van der Waals surface area (Å²) in [5.41, 5.74) is 1.48. The average molecular weight is 291 g/mol. The van der Waals surface area contributed by atoms with Crippen molar-refractivity contribution < 1.29 is 19.4 Å². The molecule has 1 N–H and O–H groups in total. The molecule has 0 saturated carbocycles. The number of nitrogens with zero attached hydrogens (tertiary/aromatic N) is 1. The van der Waals surface area contributed by atoms with Crippen molar-refractivity contribution in [2.45, 2.75) is 39.8 Å². The number of likely N-dealkylation sites (tertiary alicyclic amines) is 1. The summed E-state index contributed by atoms with van der Waals surface area (Å²) < 4.78 is 5.55. The molecular weight excluding hydrogens is 270 g/mol. The van der Waals surface area contributed by atoms with Gasteiger partial charge >= 0.3 is 0 Å². The zero-order valence-electron chi connectivity index (χ0n) is 12.6. The fraction of sp³-hybridized carbons (Fsp3) is 0.500. The molecule has 2 amide bonds. The van der Waals surface area contributed by atoms with Crippen molar-refractivity contribution in [2.24, 2.45) is 5.92 Å². The van der Waals surface area contributed by atoms with Crippen molar-refractivity contribution in [1.82, 2.24) is 4.90 Å². The highest BCUT2D eigenvalue weighted by Gasteiger charge is 2.35. The third-order valence-corrected chi connectivity index (χ3v) is 3.66. The van der Waals surface area contributed by atoms with E-state index >= 15 is 0 Å². The van der Waals surface area contributed by atoms with Crippen LogP contribution in [0.4, 0.5) is 0 Å². The van der Waals surface area contributed by atoms with Crippen LogP contribution in [0.25, 0.3) is 0 Å². The number of hydrogen-bond acceptors (Lipinski definition) is 4. The van der Waals surface area contributed by atoms with Gasteiger partial charge in [-0.1, -0.05) is 13.0 Å². The van der Waals surface area contributed by atoms with Crippen LogP contribution in [0, 0.1) is 5.92 Å². The van der Waals surface area contributed by atoms with Gasteiger partial charge in [-0.15, -0.1) is 0 Å². The van der Waals surface area contributed by atoms with Crippen molar-refractivity contribution in [2.75, 3.05) is 6.61 Å². The maximum absolute atomic E-state index is 12.0. The number of aliphatic hydroxyl groups is 1. The number of aliphatic hydroxyl groups excluding tert-OH is 1. The van der Waals surface area contributed by atoms with Gasteiger partial charge in [0.05, 0.1) is 19.3 Å². The van der Waals surface area contributed by atoms with Crippen LogP contribution >= 0.6 is 0 Å². The molecule has 114 valence electrons. The third kappa shape index (κ3) is 3.24. The van der Waals surface area contributed by atoms with Crippen LogP contribution in [-0.2, 0) is 16.1 Å². The first-order chi connectivity index (χ1) is 9.93. The van der Waals surface area contributed by atoms with E-state index in [0.29, 0.717) is 12.4 Å². The summed E-state index contributed by atoms with van der Waals surface area (Å²) in [6.45, 7) is 6.00. The third-order valence-electron chi connectivity index (χ3n) is 3.66. The van der Waals surface area contributed by atoms with E-state index in [4.69, 9.17) is 4.74 Å². The summed E-state index contributed by atoms with van der Waals surface area (Å²) in [6.07, 6.45) is -0.345. The molecule has 5 nitrogen and oxygen atoms in total. The number of benzene rings is 1. The molecule has 0 radical (unpaired) electrons. The Balaban J connectivity index is 2.30. The summed E-state index contributed by atoms with van der Waals surface area (Å²) in [6, 6.07) is 5.35. The van der Waals surface area contributed by atoms with Gasteiger partial charge in [0.25, 0.3) is 0 Å². The second-order valence-corrected chi connectivity index (χ2v) is 5.40. The van der Waals surface area contributed by atoms with Crippen LogP contribution in [-0.4, -0.2) is 28.4 Å². The predicted octanol–water partition coefficient (Wildman–Crippen LogP) is 2.03. The highest BCUT2D eigenvalue weighted by atomic mass is 16.5.